The number of aromatic nitrogens is 1. The fourth-order valence-corrected chi connectivity index (χ4v) is 3.14. The first-order valence-electron chi connectivity index (χ1n) is 8.83. The number of benzene rings is 2. The molecule has 3 rings (SSSR count). The molecule has 30 heavy (non-hydrogen) atoms. The first-order chi connectivity index (χ1) is 14.1. The number of amides is 1. The molecule has 10 heteroatoms. The third-order valence-corrected chi connectivity index (χ3v) is 4.61. The van der Waals surface area contributed by atoms with E-state index in [1.807, 2.05) is 0 Å². The quantitative estimate of drug-likeness (QED) is 0.513. The van der Waals surface area contributed by atoms with Crippen molar-refractivity contribution in [2.45, 2.75) is 25.1 Å². The van der Waals surface area contributed by atoms with Gasteiger partial charge in [-0.05, 0) is 53.9 Å². The molecule has 0 fully saturated rings. The lowest BCUT2D eigenvalue weighted by Gasteiger charge is -2.19. The number of fused-ring (bicyclic) bond motifs is 1. The van der Waals surface area contributed by atoms with Gasteiger partial charge in [0.2, 0.25) is 5.91 Å². The summed E-state index contributed by atoms with van der Waals surface area (Å²) in [6, 6.07) is 4.39. The molecule has 2 aromatic carbocycles. The number of alkyl halides is 3. The highest BCUT2D eigenvalue weighted by atomic mass is 19.4. The summed E-state index contributed by atoms with van der Waals surface area (Å²) in [7, 11) is 0. The number of halogens is 6. The highest BCUT2D eigenvalue weighted by Gasteiger charge is 2.40. The van der Waals surface area contributed by atoms with E-state index in [0.717, 1.165) is 24.3 Å². The fourth-order valence-electron chi connectivity index (χ4n) is 3.14. The molecule has 0 aliphatic rings. The third-order valence-electron chi connectivity index (χ3n) is 4.61. The van der Waals surface area contributed by atoms with Gasteiger partial charge in [-0.1, -0.05) is 0 Å². The molecule has 4 nitrogen and oxygen atoms in total. The lowest BCUT2D eigenvalue weighted by atomic mass is 10.0. The van der Waals surface area contributed by atoms with E-state index in [1.54, 1.807) is 5.32 Å². The molecule has 1 heterocycles. The van der Waals surface area contributed by atoms with Crippen LogP contribution in [0.5, 0.6) is 0 Å². The van der Waals surface area contributed by atoms with Crippen LogP contribution in [0.15, 0.2) is 36.4 Å². The van der Waals surface area contributed by atoms with Gasteiger partial charge in [-0.15, -0.1) is 0 Å². The molecule has 0 bridgehead atoms. The largest absolute Gasteiger partial charge is 0.410 e. The number of aliphatic hydroxyl groups excluding tert-OH is 1. The van der Waals surface area contributed by atoms with Crippen molar-refractivity contribution in [1.29, 1.82) is 0 Å². The zero-order valence-electron chi connectivity index (χ0n) is 15.3. The Morgan fingerprint density at radius 2 is 1.67 bits per heavy atom. The van der Waals surface area contributed by atoms with Crippen LogP contribution in [0.25, 0.3) is 22.2 Å². The van der Waals surface area contributed by atoms with E-state index >= 15 is 0 Å². The van der Waals surface area contributed by atoms with Crippen molar-refractivity contribution in [3.8, 4) is 11.3 Å². The maximum Gasteiger partial charge on any atom is 0.410 e. The summed E-state index contributed by atoms with van der Waals surface area (Å²) in [5, 5.41) is 10.4. The molecule has 0 saturated heterocycles. The summed E-state index contributed by atoms with van der Waals surface area (Å²) < 4.78 is 80.0. The van der Waals surface area contributed by atoms with Crippen LogP contribution < -0.4 is 5.32 Å². The number of rotatable bonds is 6. The van der Waals surface area contributed by atoms with E-state index in [1.165, 1.54) is 12.1 Å². The van der Waals surface area contributed by atoms with Gasteiger partial charge in [0.05, 0.1) is 12.1 Å². The van der Waals surface area contributed by atoms with Crippen molar-refractivity contribution in [1.82, 2.24) is 10.3 Å². The zero-order valence-corrected chi connectivity index (χ0v) is 15.3. The van der Waals surface area contributed by atoms with E-state index < -0.39 is 48.6 Å². The fraction of sp³-hybridized carbons (Fsp3) is 0.250. The lowest BCUT2D eigenvalue weighted by molar-refractivity contribution is -0.168. The first kappa shape index (κ1) is 21.7. The molecule has 1 unspecified atom stereocenters. The summed E-state index contributed by atoms with van der Waals surface area (Å²) in [4.78, 5) is 14.7. The van der Waals surface area contributed by atoms with Crippen molar-refractivity contribution in [3.05, 3.63) is 59.4 Å². The highest BCUT2D eigenvalue weighted by molar-refractivity contribution is 5.92. The first-order valence-corrected chi connectivity index (χ1v) is 8.83. The van der Waals surface area contributed by atoms with Crippen LogP contribution in [-0.4, -0.2) is 34.8 Å². The topological polar surface area (TPSA) is 65.1 Å². The van der Waals surface area contributed by atoms with Crippen LogP contribution in [-0.2, 0) is 11.2 Å². The van der Waals surface area contributed by atoms with Gasteiger partial charge in [-0.25, -0.2) is 13.2 Å². The predicted octanol–water partition coefficient (Wildman–Crippen LogP) is 4.22. The molecule has 3 aromatic rings. The van der Waals surface area contributed by atoms with Gasteiger partial charge in [-0.2, -0.15) is 13.2 Å². The summed E-state index contributed by atoms with van der Waals surface area (Å²) in [6.07, 6.45) is -5.54. The van der Waals surface area contributed by atoms with Crippen LogP contribution in [0.4, 0.5) is 26.3 Å². The number of carbonyl (C=O) groups is 1. The molecule has 1 atom stereocenters. The number of hydrogen-bond donors (Lipinski definition) is 3. The number of aryl methyl sites for hydroxylation is 1. The van der Waals surface area contributed by atoms with Gasteiger partial charge >= 0.3 is 6.18 Å². The minimum atomic E-state index is -4.83. The smallest absolute Gasteiger partial charge is 0.394 e. The molecular formula is C20H16F6N2O2. The molecule has 0 aliphatic heterocycles. The van der Waals surface area contributed by atoms with Gasteiger partial charge in [0, 0.05) is 17.5 Å². The Hall–Kier alpha value is -3.01. The summed E-state index contributed by atoms with van der Waals surface area (Å²) in [6.45, 7) is -1.33. The van der Waals surface area contributed by atoms with E-state index in [9.17, 15) is 31.1 Å². The average Bonchev–Trinajstić information content (AvgIpc) is 3.08. The minimum Gasteiger partial charge on any atom is -0.394 e. The van der Waals surface area contributed by atoms with Gasteiger partial charge in [0.1, 0.15) is 23.5 Å². The summed E-state index contributed by atoms with van der Waals surface area (Å²) in [5.41, 5.74) is 0.589. The monoisotopic (exact) mass is 430 g/mol. The standard InChI is InChI=1S/C20H16F6N2O2/c21-11-3-1-10(2-4-11)18-12(17-13(22)6-7-14(23)19(17)28-18)5-8-16(30)27-15(9-29)20(24,25)26/h1-4,6-7,15,28-29H,5,8-9H2,(H,27,30). The maximum absolute atomic E-state index is 14.4. The Morgan fingerprint density at radius 3 is 2.27 bits per heavy atom. The third kappa shape index (κ3) is 4.43. The number of H-pyrrole nitrogens is 1. The average molecular weight is 430 g/mol. The van der Waals surface area contributed by atoms with E-state index in [-0.39, 0.29) is 28.6 Å². The van der Waals surface area contributed by atoms with Crippen molar-refractivity contribution < 1.29 is 36.2 Å². The molecule has 3 N–H and O–H groups in total. The van der Waals surface area contributed by atoms with E-state index in [0.29, 0.717) is 5.56 Å². The Morgan fingerprint density at radius 1 is 1.03 bits per heavy atom. The number of nitrogens with one attached hydrogen (secondary N) is 2. The van der Waals surface area contributed by atoms with Crippen LogP contribution in [0, 0.1) is 17.5 Å². The molecular weight excluding hydrogens is 414 g/mol. The minimum absolute atomic E-state index is 0.142. The normalized spacial score (nSPS) is 12.9. The van der Waals surface area contributed by atoms with Crippen LogP contribution in [0.3, 0.4) is 0 Å². The molecule has 0 saturated carbocycles. The second-order valence-corrected chi connectivity index (χ2v) is 6.61. The molecule has 0 aliphatic carbocycles. The molecule has 1 amide bonds. The van der Waals surface area contributed by atoms with E-state index in [4.69, 9.17) is 5.11 Å². The Balaban J connectivity index is 1.96. The molecule has 1 aromatic heterocycles. The second-order valence-electron chi connectivity index (χ2n) is 6.61. The second kappa shape index (κ2) is 8.39. The van der Waals surface area contributed by atoms with Crippen molar-refractivity contribution >= 4 is 16.8 Å². The summed E-state index contributed by atoms with van der Waals surface area (Å²) >= 11 is 0. The molecule has 0 radical (unpaired) electrons. The van der Waals surface area contributed by atoms with E-state index in [2.05, 4.69) is 4.98 Å². The Labute approximate surface area is 166 Å². The Kier molecular flexibility index (Phi) is 6.06. The predicted molar refractivity (Wildman–Crippen MR) is 97.0 cm³/mol. The highest BCUT2D eigenvalue weighted by Crippen LogP contribution is 2.34. The van der Waals surface area contributed by atoms with Crippen LogP contribution >= 0.6 is 0 Å². The lowest BCUT2D eigenvalue weighted by Crippen LogP contribution is -2.47. The van der Waals surface area contributed by atoms with Gasteiger partial charge in [-0.3, -0.25) is 4.79 Å². The van der Waals surface area contributed by atoms with Gasteiger partial charge in [0.15, 0.2) is 0 Å². The Bertz CT molecular complexity index is 1060. The zero-order chi connectivity index (χ0) is 22.1. The molecule has 160 valence electrons. The number of carbonyl (C=O) groups excluding carboxylic acids is 1. The number of aliphatic hydroxyl groups is 1. The van der Waals surface area contributed by atoms with Crippen LogP contribution in [0.1, 0.15) is 12.0 Å². The van der Waals surface area contributed by atoms with Crippen molar-refractivity contribution in [2.24, 2.45) is 0 Å². The van der Waals surface area contributed by atoms with Gasteiger partial charge < -0.3 is 15.4 Å². The maximum atomic E-state index is 14.4. The van der Waals surface area contributed by atoms with Gasteiger partial charge in [0.25, 0.3) is 0 Å². The number of aromatic amines is 1. The SMILES string of the molecule is O=C(CCc1c(-c2ccc(F)cc2)[nH]c2c(F)ccc(F)c12)NC(CO)C(F)(F)F. The summed E-state index contributed by atoms with van der Waals surface area (Å²) in [5.74, 6) is -3.10. The number of hydrogen-bond acceptors (Lipinski definition) is 2. The van der Waals surface area contributed by atoms with Crippen molar-refractivity contribution in [3.63, 3.8) is 0 Å². The van der Waals surface area contributed by atoms with Crippen molar-refractivity contribution in [2.75, 3.05) is 6.61 Å². The molecule has 0 spiro atoms. The van der Waals surface area contributed by atoms with Crippen LogP contribution in [0.2, 0.25) is 0 Å².